The summed E-state index contributed by atoms with van der Waals surface area (Å²) < 4.78 is 33.0. The first-order chi connectivity index (χ1) is 14.3. The molecule has 9 heteroatoms. The molecule has 0 saturated heterocycles. The summed E-state index contributed by atoms with van der Waals surface area (Å²) in [6.07, 6.45) is 3.32. The molecule has 0 aliphatic carbocycles. The third kappa shape index (κ3) is 5.95. The van der Waals surface area contributed by atoms with Crippen molar-refractivity contribution in [1.82, 2.24) is 10.3 Å². The quantitative estimate of drug-likeness (QED) is 0.552. The summed E-state index contributed by atoms with van der Waals surface area (Å²) in [5.41, 5.74) is 2.10. The fourth-order valence-electron chi connectivity index (χ4n) is 2.49. The number of carbonyl (C=O) groups is 1. The Hall–Kier alpha value is -3.10. The number of halogens is 1. The highest BCUT2D eigenvalue weighted by atomic mass is 35.5. The van der Waals surface area contributed by atoms with E-state index in [-0.39, 0.29) is 17.4 Å². The first-order valence-electron chi connectivity index (χ1n) is 9.01. The molecular formula is C21H20ClN3O4S. The molecule has 0 radical (unpaired) electrons. The number of amides is 1. The molecule has 0 fully saturated rings. The normalized spacial score (nSPS) is 11.0. The molecular weight excluding hydrogens is 426 g/mol. The average Bonchev–Trinajstić information content (AvgIpc) is 2.74. The number of aryl methyl sites for hydroxylation is 1. The molecule has 1 aromatic heterocycles. The van der Waals surface area contributed by atoms with Crippen LogP contribution in [0.15, 0.2) is 71.9 Å². The Morgan fingerprint density at radius 2 is 1.90 bits per heavy atom. The van der Waals surface area contributed by atoms with Crippen LogP contribution in [0.5, 0.6) is 5.75 Å². The summed E-state index contributed by atoms with van der Waals surface area (Å²) in [4.78, 5) is 15.9. The van der Waals surface area contributed by atoms with Crippen molar-refractivity contribution in [2.24, 2.45) is 0 Å². The number of ether oxygens (including phenoxy) is 1. The molecule has 0 unspecified atom stereocenters. The van der Waals surface area contributed by atoms with Crippen LogP contribution >= 0.6 is 11.6 Å². The van der Waals surface area contributed by atoms with Crippen LogP contribution in [0.1, 0.15) is 11.1 Å². The molecule has 0 aliphatic rings. The van der Waals surface area contributed by atoms with Gasteiger partial charge in [-0.3, -0.25) is 14.5 Å². The molecule has 1 amide bonds. The molecule has 0 aliphatic heterocycles. The molecule has 3 rings (SSSR count). The number of nitrogens with zero attached hydrogens (tertiary/aromatic N) is 1. The fraction of sp³-hybridized carbons (Fsp3) is 0.143. The van der Waals surface area contributed by atoms with Gasteiger partial charge in [0.15, 0.2) is 6.61 Å². The van der Waals surface area contributed by atoms with E-state index in [1.54, 1.807) is 36.7 Å². The van der Waals surface area contributed by atoms with Crippen LogP contribution in [-0.2, 0) is 21.4 Å². The zero-order valence-electron chi connectivity index (χ0n) is 16.1. The van der Waals surface area contributed by atoms with Gasteiger partial charge in [-0.25, -0.2) is 8.42 Å². The third-order valence-electron chi connectivity index (χ3n) is 4.14. The largest absolute Gasteiger partial charge is 0.484 e. The molecule has 2 N–H and O–H groups in total. The summed E-state index contributed by atoms with van der Waals surface area (Å²) in [6, 6.07) is 14.4. The Labute approximate surface area is 180 Å². The lowest BCUT2D eigenvalue weighted by Crippen LogP contribution is -2.28. The van der Waals surface area contributed by atoms with Crippen LogP contribution in [0, 0.1) is 6.92 Å². The lowest BCUT2D eigenvalue weighted by Gasteiger charge is -2.11. The molecule has 0 spiro atoms. The van der Waals surface area contributed by atoms with E-state index in [2.05, 4.69) is 15.0 Å². The zero-order chi connectivity index (χ0) is 21.6. The minimum atomic E-state index is -3.78. The minimum Gasteiger partial charge on any atom is -0.484 e. The number of sulfonamides is 1. The van der Waals surface area contributed by atoms with Crippen molar-refractivity contribution in [3.8, 4) is 5.75 Å². The number of anilines is 1. The van der Waals surface area contributed by atoms with Crippen LogP contribution in [0.25, 0.3) is 0 Å². The third-order valence-corrected chi connectivity index (χ3v) is 5.94. The Kier molecular flexibility index (Phi) is 6.91. The second kappa shape index (κ2) is 9.60. The van der Waals surface area contributed by atoms with E-state index in [9.17, 15) is 13.2 Å². The van der Waals surface area contributed by atoms with Gasteiger partial charge in [-0.15, -0.1) is 0 Å². The maximum Gasteiger partial charge on any atom is 0.261 e. The van der Waals surface area contributed by atoms with Gasteiger partial charge in [0.05, 0.1) is 10.6 Å². The van der Waals surface area contributed by atoms with Crippen molar-refractivity contribution in [3.05, 3.63) is 83.1 Å². The van der Waals surface area contributed by atoms with Crippen molar-refractivity contribution in [2.75, 3.05) is 11.3 Å². The molecule has 7 nitrogen and oxygen atoms in total. The number of hydrogen-bond donors (Lipinski definition) is 2. The average molecular weight is 446 g/mol. The van der Waals surface area contributed by atoms with Crippen molar-refractivity contribution in [2.45, 2.75) is 18.4 Å². The molecule has 3 aromatic rings. The maximum atomic E-state index is 12.5. The fourth-order valence-corrected chi connectivity index (χ4v) is 3.72. The van der Waals surface area contributed by atoms with Crippen molar-refractivity contribution >= 4 is 33.2 Å². The topological polar surface area (TPSA) is 97.4 Å². The van der Waals surface area contributed by atoms with E-state index < -0.39 is 10.0 Å². The molecule has 30 heavy (non-hydrogen) atoms. The van der Waals surface area contributed by atoms with E-state index in [4.69, 9.17) is 16.3 Å². The van der Waals surface area contributed by atoms with Gasteiger partial charge in [0.2, 0.25) is 0 Å². The molecule has 0 atom stereocenters. The van der Waals surface area contributed by atoms with E-state index >= 15 is 0 Å². The molecule has 0 bridgehead atoms. The smallest absolute Gasteiger partial charge is 0.261 e. The van der Waals surface area contributed by atoms with Crippen molar-refractivity contribution in [1.29, 1.82) is 0 Å². The van der Waals surface area contributed by atoms with Crippen LogP contribution in [0.4, 0.5) is 5.69 Å². The SMILES string of the molecule is Cc1ccc(NS(=O)(=O)c2ccc(OCC(=O)NCc3cccnc3)cc2)cc1Cl. The Bertz CT molecular complexity index is 1120. The standard InChI is InChI=1S/C21H20ClN3O4S/c1-15-4-5-17(11-20(15)22)25-30(27,28)19-8-6-18(7-9-19)29-14-21(26)24-13-16-3-2-10-23-12-16/h2-12,25H,13-14H2,1H3,(H,24,26). The van der Waals surface area contributed by atoms with Crippen LogP contribution in [0.3, 0.4) is 0 Å². The summed E-state index contributed by atoms with van der Waals surface area (Å²) in [5.74, 6) is 0.0809. The number of carbonyl (C=O) groups excluding carboxylic acids is 1. The van der Waals surface area contributed by atoms with Gasteiger partial charge in [-0.2, -0.15) is 0 Å². The zero-order valence-corrected chi connectivity index (χ0v) is 17.7. The van der Waals surface area contributed by atoms with Crippen molar-refractivity contribution in [3.63, 3.8) is 0 Å². The molecule has 1 heterocycles. The van der Waals surface area contributed by atoms with E-state index in [0.717, 1.165) is 11.1 Å². The second-order valence-corrected chi connectivity index (χ2v) is 8.56. The summed E-state index contributed by atoms with van der Waals surface area (Å²) in [6.45, 7) is 1.99. The van der Waals surface area contributed by atoms with Gasteiger partial charge in [0, 0.05) is 24.0 Å². The van der Waals surface area contributed by atoms with E-state index in [0.29, 0.717) is 23.0 Å². The minimum absolute atomic E-state index is 0.0626. The van der Waals surface area contributed by atoms with Gasteiger partial charge in [-0.05, 0) is 60.5 Å². The Balaban J connectivity index is 1.54. The van der Waals surface area contributed by atoms with Crippen molar-refractivity contribution < 1.29 is 17.9 Å². The summed E-state index contributed by atoms with van der Waals surface area (Å²) >= 11 is 6.04. The first kappa shape index (κ1) is 21.6. The van der Waals surface area contributed by atoms with E-state index in [1.807, 2.05) is 13.0 Å². The number of hydrogen-bond acceptors (Lipinski definition) is 5. The monoisotopic (exact) mass is 445 g/mol. The van der Waals surface area contributed by atoms with Crippen LogP contribution in [0.2, 0.25) is 5.02 Å². The van der Waals surface area contributed by atoms with Gasteiger partial charge in [-0.1, -0.05) is 23.7 Å². The summed E-state index contributed by atoms with van der Waals surface area (Å²) in [7, 11) is -3.78. The first-order valence-corrected chi connectivity index (χ1v) is 10.9. The van der Waals surface area contributed by atoms with E-state index in [1.165, 1.54) is 24.3 Å². The lowest BCUT2D eigenvalue weighted by molar-refractivity contribution is -0.123. The number of rotatable bonds is 8. The Morgan fingerprint density at radius 1 is 1.13 bits per heavy atom. The number of pyridine rings is 1. The highest BCUT2D eigenvalue weighted by Crippen LogP contribution is 2.23. The number of benzene rings is 2. The Morgan fingerprint density at radius 3 is 2.57 bits per heavy atom. The number of aromatic nitrogens is 1. The maximum absolute atomic E-state index is 12.5. The second-order valence-electron chi connectivity index (χ2n) is 6.47. The molecule has 156 valence electrons. The van der Waals surface area contributed by atoms with Gasteiger partial charge in [0.25, 0.3) is 15.9 Å². The van der Waals surface area contributed by atoms with Crippen LogP contribution < -0.4 is 14.8 Å². The van der Waals surface area contributed by atoms with Gasteiger partial charge >= 0.3 is 0 Å². The predicted molar refractivity (Wildman–Crippen MR) is 115 cm³/mol. The molecule has 2 aromatic carbocycles. The predicted octanol–water partition coefficient (Wildman–Crippen LogP) is 3.54. The van der Waals surface area contributed by atoms with Gasteiger partial charge in [0.1, 0.15) is 5.75 Å². The van der Waals surface area contributed by atoms with Crippen LogP contribution in [-0.4, -0.2) is 25.9 Å². The van der Waals surface area contributed by atoms with Gasteiger partial charge < -0.3 is 10.1 Å². The molecule has 0 saturated carbocycles. The highest BCUT2D eigenvalue weighted by Gasteiger charge is 2.15. The number of nitrogens with one attached hydrogen (secondary N) is 2. The lowest BCUT2D eigenvalue weighted by atomic mass is 10.2. The highest BCUT2D eigenvalue weighted by molar-refractivity contribution is 7.92. The summed E-state index contributed by atoms with van der Waals surface area (Å²) in [5, 5.41) is 3.19.